The van der Waals surface area contributed by atoms with Gasteiger partial charge in [-0.1, -0.05) is 0 Å². The van der Waals surface area contributed by atoms with E-state index in [4.69, 9.17) is 4.74 Å². The summed E-state index contributed by atoms with van der Waals surface area (Å²) in [4.78, 5) is 26.2. The highest BCUT2D eigenvalue weighted by atomic mass is 32.2. The maximum Gasteiger partial charge on any atom is 0.310 e. The number of amides is 1. The van der Waals surface area contributed by atoms with Crippen LogP contribution in [0.3, 0.4) is 0 Å². The smallest absolute Gasteiger partial charge is 0.310 e. The van der Waals surface area contributed by atoms with Crippen LogP contribution in [0.1, 0.15) is 37.3 Å². The summed E-state index contributed by atoms with van der Waals surface area (Å²) in [6.07, 6.45) is 2.97. The summed E-state index contributed by atoms with van der Waals surface area (Å²) >= 11 is 0. The highest BCUT2D eigenvalue weighted by Crippen LogP contribution is 2.39. The van der Waals surface area contributed by atoms with E-state index >= 15 is 0 Å². The highest BCUT2D eigenvalue weighted by Gasteiger charge is 2.37. The van der Waals surface area contributed by atoms with Crippen molar-refractivity contribution in [3.05, 3.63) is 23.3 Å². The van der Waals surface area contributed by atoms with E-state index in [1.165, 1.54) is 4.31 Å². The predicted molar refractivity (Wildman–Crippen MR) is 98.9 cm³/mol. The summed E-state index contributed by atoms with van der Waals surface area (Å²) in [5.74, 6) is -0.616. The molecule has 0 bridgehead atoms. The van der Waals surface area contributed by atoms with Crippen molar-refractivity contribution in [1.29, 1.82) is 0 Å². The standard InChI is InChI=1S/C19H24N2O5S/c1-2-26-19(23)15-4-3-8-20(12-15)27(24,25)16-10-13-5-6-17(22)21-9-7-14(11-16)18(13)21/h10-11,15H,2-9,12H2,1H3/t15-/m0/s1. The van der Waals surface area contributed by atoms with Crippen LogP contribution in [0.25, 0.3) is 0 Å². The molecular formula is C19H24N2O5S. The Morgan fingerprint density at radius 3 is 2.67 bits per heavy atom. The minimum Gasteiger partial charge on any atom is -0.466 e. The summed E-state index contributed by atoms with van der Waals surface area (Å²) in [6.45, 7) is 3.25. The summed E-state index contributed by atoms with van der Waals surface area (Å²) in [5.41, 5.74) is 2.77. The number of hydrogen-bond donors (Lipinski definition) is 0. The van der Waals surface area contributed by atoms with Gasteiger partial charge in [0.2, 0.25) is 15.9 Å². The molecule has 8 heteroatoms. The van der Waals surface area contributed by atoms with Gasteiger partial charge in [0.15, 0.2) is 0 Å². The summed E-state index contributed by atoms with van der Waals surface area (Å²) in [6, 6.07) is 3.42. The highest BCUT2D eigenvalue weighted by molar-refractivity contribution is 7.89. The fourth-order valence-corrected chi connectivity index (χ4v) is 5.96. The van der Waals surface area contributed by atoms with Crippen molar-refractivity contribution in [2.75, 3.05) is 31.1 Å². The first-order valence-corrected chi connectivity index (χ1v) is 11.0. The lowest BCUT2D eigenvalue weighted by molar-refractivity contribution is -0.149. The van der Waals surface area contributed by atoms with E-state index in [0.29, 0.717) is 51.8 Å². The van der Waals surface area contributed by atoms with Gasteiger partial charge in [-0.05, 0) is 55.9 Å². The van der Waals surface area contributed by atoms with E-state index in [0.717, 1.165) is 16.8 Å². The number of sulfonamides is 1. The van der Waals surface area contributed by atoms with Gasteiger partial charge in [0, 0.05) is 26.1 Å². The van der Waals surface area contributed by atoms with Crippen molar-refractivity contribution in [1.82, 2.24) is 4.31 Å². The average Bonchev–Trinajstić information content (AvgIpc) is 3.10. The van der Waals surface area contributed by atoms with Gasteiger partial charge in [-0.25, -0.2) is 8.42 Å². The number of nitrogens with zero attached hydrogens (tertiary/aromatic N) is 2. The van der Waals surface area contributed by atoms with Gasteiger partial charge in [0.25, 0.3) is 0 Å². The summed E-state index contributed by atoms with van der Waals surface area (Å²) in [7, 11) is -3.68. The Hall–Kier alpha value is -1.93. The van der Waals surface area contributed by atoms with E-state index < -0.39 is 15.9 Å². The maximum absolute atomic E-state index is 13.2. The molecule has 0 aliphatic carbocycles. The number of piperidine rings is 1. The maximum atomic E-state index is 13.2. The summed E-state index contributed by atoms with van der Waals surface area (Å²) < 4.78 is 33.0. The van der Waals surface area contributed by atoms with Crippen LogP contribution in [0.2, 0.25) is 0 Å². The van der Waals surface area contributed by atoms with E-state index in [9.17, 15) is 18.0 Å². The van der Waals surface area contributed by atoms with E-state index in [1.54, 1.807) is 24.0 Å². The first-order valence-electron chi connectivity index (χ1n) is 9.54. The molecule has 27 heavy (non-hydrogen) atoms. The van der Waals surface area contributed by atoms with Crippen molar-refractivity contribution < 1.29 is 22.7 Å². The molecule has 1 fully saturated rings. The number of carbonyl (C=O) groups excluding carboxylic acids is 2. The van der Waals surface area contributed by atoms with Crippen LogP contribution in [0.4, 0.5) is 5.69 Å². The lowest BCUT2D eigenvalue weighted by atomic mass is 10.00. The molecule has 0 N–H and O–H groups in total. The lowest BCUT2D eigenvalue weighted by Crippen LogP contribution is -2.42. The number of rotatable bonds is 4. The first kappa shape index (κ1) is 18.4. The molecule has 1 aromatic carbocycles. The van der Waals surface area contributed by atoms with E-state index in [1.807, 2.05) is 0 Å². The Morgan fingerprint density at radius 2 is 1.93 bits per heavy atom. The van der Waals surface area contributed by atoms with Gasteiger partial charge < -0.3 is 9.64 Å². The van der Waals surface area contributed by atoms with E-state index in [-0.39, 0.29) is 23.3 Å². The van der Waals surface area contributed by atoms with Gasteiger partial charge >= 0.3 is 5.97 Å². The molecule has 0 spiro atoms. The third-order valence-corrected chi connectivity index (χ3v) is 7.51. The van der Waals surface area contributed by atoms with Gasteiger partial charge in [0.1, 0.15) is 0 Å². The van der Waals surface area contributed by atoms with Crippen molar-refractivity contribution in [2.24, 2.45) is 5.92 Å². The van der Waals surface area contributed by atoms with Crippen LogP contribution >= 0.6 is 0 Å². The second-order valence-electron chi connectivity index (χ2n) is 7.34. The molecule has 0 saturated carbocycles. The van der Waals surface area contributed by atoms with Crippen molar-refractivity contribution >= 4 is 27.6 Å². The Labute approximate surface area is 159 Å². The Morgan fingerprint density at radius 1 is 1.19 bits per heavy atom. The van der Waals surface area contributed by atoms with Gasteiger partial charge in [0.05, 0.1) is 23.1 Å². The SMILES string of the molecule is CCOC(=O)[C@H]1CCCN(S(=O)(=O)c2cc3c4c(c2)CCN4C(=O)CC3)C1. The van der Waals surface area contributed by atoms with E-state index in [2.05, 4.69) is 0 Å². The lowest BCUT2D eigenvalue weighted by Gasteiger charge is -2.31. The molecule has 0 unspecified atom stereocenters. The molecule has 1 saturated heterocycles. The van der Waals surface area contributed by atoms with Crippen LogP contribution in [0, 0.1) is 5.92 Å². The minimum atomic E-state index is -3.68. The molecule has 1 amide bonds. The topological polar surface area (TPSA) is 84.0 Å². The van der Waals surface area contributed by atoms with Crippen LogP contribution < -0.4 is 4.90 Å². The molecule has 3 aliphatic rings. The molecule has 4 rings (SSSR count). The monoisotopic (exact) mass is 392 g/mol. The molecule has 1 aromatic rings. The molecule has 0 aromatic heterocycles. The summed E-state index contributed by atoms with van der Waals surface area (Å²) in [5, 5.41) is 0. The normalized spacial score (nSPS) is 22.6. The number of aryl methyl sites for hydroxylation is 1. The van der Waals surface area contributed by atoms with Crippen molar-refractivity contribution in [2.45, 2.75) is 43.9 Å². The molecule has 7 nitrogen and oxygen atoms in total. The van der Waals surface area contributed by atoms with Crippen molar-refractivity contribution in [3.63, 3.8) is 0 Å². The Balaban J connectivity index is 1.63. The third kappa shape index (κ3) is 3.14. The van der Waals surface area contributed by atoms with Gasteiger partial charge in [-0.3, -0.25) is 9.59 Å². The number of carbonyl (C=O) groups is 2. The average molecular weight is 392 g/mol. The predicted octanol–water partition coefficient (Wildman–Crippen LogP) is 1.49. The molecule has 146 valence electrons. The number of hydrogen-bond acceptors (Lipinski definition) is 5. The quantitative estimate of drug-likeness (QED) is 0.725. The zero-order valence-electron chi connectivity index (χ0n) is 15.4. The largest absolute Gasteiger partial charge is 0.466 e. The molecule has 1 atom stereocenters. The first-order chi connectivity index (χ1) is 12.9. The second kappa shape index (κ2) is 6.91. The zero-order valence-corrected chi connectivity index (χ0v) is 16.3. The van der Waals surface area contributed by atoms with Crippen molar-refractivity contribution in [3.8, 4) is 0 Å². The second-order valence-corrected chi connectivity index (χ2v) is 9.28. The Kier molecular flexibility index (Phi) is 4.71. The van der Waals surface area contributed by atoms with Gasteiger partial charge in [-0.2, -0.15) is 4.31 Å². The fourth-order valence-electron chi connectivity index (χ4n) is 4.34. The molecule has 0 radical (unpaired) electrons. The third-order valence-electron chi connectivity index (χ3n) is 5.67. The fraction of sp³-hybridized carbons (Fsp3) is 0.579. The van der Waals surface area contributed by atoms with Crippen LogP contribution in [-0.4, -0.2) is 50.8 Å². The number of benzene rings is 1. The number of esters is 1. The molecule has 3 aliphatic heterocycles. The minimum absolute atomic E-state index is 0.116. The number of anilines is 1. The van der Waals surface area contributed by atoms with Crippen LogP contribution in [0.5, 0.6) is 0 Å². The van der Waals surface area contributed by atoms with Crippen LogP contribution in [-0.2, 0) is 37.2 Å². The van der Waals surface area contributed by atoms with Crippen LogP contribution in [0.15, 0.2) is 17.0 Å². The molecule has 3 heterocycles. The number of ether oxygens (including phenoxy) is 1. The zero-order chi connectivity index (χ0) is 19.2. The Bertz CT molecular complexity index is 896. The molecular weight excluding hydrogens is 368 g/mol. The van der Waals surface area contributed by atoms with Gasteiger partial charge in [-0.15, -0.1) is 0 Å².